The molecule has 0 bridgehead atoms. The summed E-state index contributed by atoms with van der Waals surface area (Å²) in [6, 6.07) is 3.43. The Bertz CT molecular complexity index is 313. The standard InChI is InChI=1S/C8H5Cl2IO/c1-4(12)8-6(9)2-5(11)3-7(8)10/h2-3H,1H3. The van der Waals surface area contributed by atoms with Gasteiger partial charge in [0.15, 0.2) is 5.78 Å². The summed E-state index contributed by atoms with van der Waals surface area (Å²) in [6.07, 6.45) is 0. The molecule has 0 aliphatic heterocycles. The van der Waals surface area contributed by atoms with Gasteiger partial charge in [0.25, 0.3) is 0 Å². The highest BCUT2D eigenvalue weighted by Crippen LogP contribution is 2.27. The predicted molar refractivity (Wildman–Crippen MR) is 59.2 cm³/mol. The lowest BCUT2D eigenvalue weighted by Crippen LogP contribution is -1.95. The van der Waals surface area contributed by atoms with Crippen molar-refractivity contribution < 1.29 is 4.79 Å². The van der Waals surface area contributed by atoms with Crippen LogP contribution in [0.1, 0.15) is 17.3 Å². The number of hydrogen-bond donors (Lipinski definition) is 0. The number of halogens is 3. The van der Waals surface area contributed by atoms with Crippen LogP contribution in [0.5, 0.6) is 0 Å². The molecule has 0 amide bonds. The van der Waals surface area contributed by atoms with E-state index in [1.807, 2.05) is 0 Å². The zero-order valence-corrected chi connectivity index (χ0v) is 9.87. The molecule has 0 aliphatic rings. The van der Waals surface area contributed by atoms with Crippen molar-refractivity contribution in [3.63, 3.8) is 0 Å². The van der Waals surface area contributed by atoms with Crippen molar-refractivity contribution in [3.05, 3.63) is 31.3 Å². The molecule has 0 saturated carbocycles. The number of carbonyl (C=O) groups excluding carboxylic acids is 1. The van der Waals surface area contributed by atoms with E-state index >= 15 is 0 Å². The summed E-state index contributed by atoms with van der Waals surface area (Å²) in [4.78, 5) is 11.0. The molecule has 0 aliphatic carbocycles. The Balaban J connectivity index is 3.38. The summed E-state index contributed by atoms with van der Waals surface area (Å²) < 4.78 is 0.924. The van der Waals surface area contributed by atoms with Gasteiger partial charge in [0, 0.05) is 3.57 Å². The third kappa shape index (κ3) is 2.12. The monoisotopic (exact) mass is 314 g/mol. The zero-order chi connectivity index (χ0) is 9.30. The summed E-state index contributed by atoms with van der Waals surface area (Å²) >= 11 is 13.7. The number of ketones is 1. The molecule has 0 saturated heterocycles. The fraction of sp³-hybridized carbons (Fsp3) is 0.125. The van der Waals surface area contributed by atoms with Gasteiger partial charge in [-0.2, -0.15) is 0 Å². The second-order valence-electron chi connectivity index (χ2n) is 2.30. The molecule has 64 valence electrons. The molecule has 0 atom stereocenters. The number of carbonyl (C=O) groups is 1. The topological polar surface area (TPSA) is 17.1 Å². The molecule has 12 heavy (non-hydrogen) atoms. The average molecular weight is 315 g/mol. The highest BCUT2D eigenvalue weighted by Gasteiger charge is 2.10. The highest BCUT2D eigenvalue weighted by atomic mass is 127. The normalized spacial score (nSPS) is 10.0. The number of hydrogen-bond acceptors (Lipinski definition) is 1. The van der Waals surface area contributed by atoms with E-state index in [-0.39, 0.29) is 5.78 Å². The molecule has 0 radical (unpaired) electrons. The van der Waals surface area contributed by atoms with Crippen LogP contribution < -0.4 is 0 Å². The van der Waals surface area contributed by atoms with E-state index in [0.29, 0.717) is 15.6 Å². The quantitative estimate of drug-likeness (QED) is 0.569. The highest BCUT2D eigenvalue weighted by molar-refractivity contribution is 14.1. The first-order chi connectivity index (χ1) is 5.52. The minimum absolute atomic E-state index is 0.110. The van der Waals surface area contributed by atoms with Crippen molar-refractivity contribution >= 4 is 51.6 Å². The maximum atomic E-state index is 11.0. The van der Waals surface area contributed by atoms with Crippen LogP contribution in [-0.2, 0) is 0 Å². The third-order valence-corrected chi connectivity index (χ3v) is 2.58. The van der Waals surface area contributed by atoms with Gasteiger partial charge in [0.1, 0.15) is 0 Å². The van der Waals surface area contributed by atoms with Crippen molar-refractivity contribution in [2.75, 3.05) is 0 Å². The minimum Gasteiger partial charge on any atom is -0.294 e. The summed E-state index contributed by atoms with van der Waals surface area (Å²) in [7, 11) is 0. The smallest absolute Gasteiger partial charge is 0.162 e. The van der Waals surface area contributed by atoms with Crippen LogP contribution in [0.4, 0.5) is 0 Å². The Morgan fingerprint density at radius 1 is 1.33 bits per heavy atom. The van der Waals surface area contributed by atoms with Crippen LogP contribution in [0.2, 0.25) is 10.0 Å². The van der Waals surface area contributed by atoms with Crippen molar-refractivity contribution in [1.29, 1.82) is 0 Å². The van der Waals surface area contributed by atoms with Gasteiger partial charge >= 0.3 is 0 Å². The minimum atomic E-state index is -0.110. The van der Waals surface area contributed by atoms with Crippen molar-refractivity contribution in [2.45, 2.75) is 6.92 Å². The molecule has 4 heteroatoms. The van der Waals surface area contributed by atoms with Gasteiger partial charge in [0.05, 0.1) is 15.6 Å². The molecular formula is C8H5Cl2IO. The lowest BCUT2D eigenvalue weighted by Gasteiger charge is -2.02. The Morgan fingerprint density at radius 3 is 2.08 bits per heavy atom. The van der Waals surface area contributed by atoms with Gasteiger partial charge in [-0.15, -0.1) is 0 Å². The van der Waals surface area contributed by atoms with Crippen molar-refractivity contribution in [3.8, 4) is 0 Å². The Kier molecular flexibility index (Phi) is 3.37. The fourth-order valence-electron chi connectivity index (χ4n) is 0.879. The summed E-state index contributed by atoms with van der Waals surface area (Å²) in [5.41, 5.74) is 0.402. The van der Waals surface area contributed by atoms with Gasteiger partial charge in [-0.05, 0) is 41.6 Å². The van der Waals surface area contributed by atoms with E-state index in [4.69, 9.17) is 23.2 Å². The first-order valence-corrected chi connectivity index (χ1v) is 5.01. The maximum absolute atomic E-state index is 11.0. The molecule has 1 aromatic rings. The number of rotatable bonds is 1. The fourth-order valence-corrected chi connectivity index (χ4v) is 2.62. The largest absolute Gasteiger partial charge is 0.294 e. The molecule has 0 N–H and O–H groups in total. The van der Waals surface area contributed by atoms with Crippen LogP contribution in [0.15, 0.2) is 12.1 Å². The molecule has 1 aromatic carbocycles. The van der Waals surface area contributed by atoms with Gasteiger partial charge in [-0.25, -0.2) is 0 Å². The third-order valence-electron chi connectivity index (χ3n) is 1.36. The van der Waals surface area contributed by atoms with E-state index in [1.165, 1.54) is 6.92 Å². The van der Waals surface area contributed by atoms with E-state index in [1.54, 1.807) is 12.1 Å². The van der Waals surface area contributed by atoms with E-state index in [2.05, 4.69) is 22.6 Å². The first kappa shape index (κ1) is 10.3. The Hall–Kier alpha value is 0.200. The Labute approximate surface area is 94.2 Å². The molecule has 0 spiro atoms. The predicted octanol–water partition coefficient (Wildman–Crippen LogP) is 3.80. The lowest BCUT2D eigenvalue weighted by atomic mass is 10.1. The van der Waals surface area contributed by atoms with E-state index in [0.717, 1.165) is 3.57 Å². The van der Waals surface area contributed by atoms with Crippen molar-refractivity contribution in [1.82, 2.24) is 0 Å². The van der Waals surface area contributed by atoms with Crippen LogP contribution in [0, 0.1) is 3.57 Å². The summed E-state index contributed by atoms with van der Waals surface area (Å²) in [6.45, 7) is 1.44. The lowest BCUT2D eigenvalue weighted by molar-refractivity contribution is 0.101. The molecule has 0 fully saturated rings. The molecule has 0 aromatic heterocycles. The summed E-state index contributed by atoms with van der Waals surface area (Å²) in [5.74, 6) is -0.110. The van der Waals surface area contributed by atoms with Crippen LogP contribution in [0.25, 0.3) is 0 Å². The Morgan fingerprint density at radius 2 is 1.75 bits per heavy atom. The van der Waals surface area contributed by atoms with Gasteiger partial charge in [0.2, 0.25) is 0 Å². The van der Waals surface area contributed by atoms with E-state index in [9.17, 15) is 4.79 Å². The van der Waals surface area contributed by atoms with Crippen molar-refractivity contribution in [2.24, 2.45) is 0 Å². The van der Waals surface area contributed by atoms with Gasteiger partial charge in [-0.1, -0.05) is 23.2 Å². The molecule has 1 rings (SSSR count). The number of benzene rings is 1. The number of Topliss-reactive ketones (excluding diaryl/α,β-unsaturated/α-hetero) is 1. The summed E-state index contributed by atoms with van der Waals surface area (Å²) in [5, 5.41) is 0.832. The van der Waals surface area contributed by atoms with Crippen LogP contribution in [0.3, 0.4) is 0 Å². The molecule has 0 heterocycles. The second kappa shape index (κ2) is 3.94. The SMILES string of the molecule is CC(=O)c1c(Cl)cc(I)cc1Cl. The average Bonchev–Trinajstić information content (AvgIpc) is 1.82. The van der Waals surface area contributed by atoms with Gasteiger partial charge in [-0.3, -0.25) is 4.79 Å². The molecule has 1 nitrogen and oxygen atoms in total. The first-order valence-electron chi connectivity index (χ1n) is 3.18. The molecule has 0 unspecified atom stereocenters. The second-order valence-corrected chi connectivity index (χ2v) is 4.36. The van der Waals surface area contributed by atoms with Crippen LogP contribution >= 0.6 is 45.8 Å². The maximum Gasteiger partial charge on any atom is 0.162 e. The molecular weight excluding hydrogens is 310 g/mol. The zero-order valence-electron chi connectivity index (χ0n) is 6.20. The van der Waals surface area contributed by atoms with Gasteiger partial charge < -0.3 is 0 Å². The van der Waals surface area contributed by atoms with Crippen LogP contribution in [-0.4, -0.2) is 5.78 Å². The van der Waals surface area contributed by atoms with E-state index < -0.39 is 0 Å².